The number of benzene rings is 1. The summed E-state index contributed by atoms with van der Waals surface area (Å²) in [5, 5.41) is 19.9. The number of hydrogen-bond donors (Lipinski definition) is 0. The van der Waals surface area contributed by atoms with Gasteiger partial charge < -0.3 is 4.74 Å². The van der Waals surface area contributed by atoms with Crippen LogP contribution in [0, 0.1) is 21.4 Å². The second-order valence-corrected chi connectivity index (χ2v) is 4.04. The van der Waals surface area contributed by atoms with Crippen LogP contribution >= 0.6 is 0 Å². The number of hydrogen-bond acceptors (Lipinski definition) is 5. The van der Waals surface area contributed by atoms with Gasteiger partial charge in [-0.2, -0.15) is 5.26 Å². The molecule has 0 radical (unpaired) electrons. The van der Waals surface area contributed by atoms with Gasteiger partial charge in [-0.05, 0) is 23.8 Å². The highest BCUT2D eigenvalue weighted by Crippen LogP contribution is 2.26. The molecule has 100 valence electrons. The first-order valence-electron chi connectivity index (χ1n) is 5.79. The van der Waals surface area contributed by atoms with Crippen molar-refractivity contribution in [3.63, 3.8) is 0 Å². The molecule has 0 bridgehead atoms. The second kappa shape index (κ2) is 5.80. The van der Waals surface area contributed by atoms with Crippen LogP contribution < -0.4 is 4.74 Å². The fourth-order valence-corrected chi connectivity index (χ4v) is 1.81. The predicted octanol–water partition coefficient (Wildman–Crippen LogP) is 2.65. The topological polar surface area (TPSA) is 89.0 Å². The van der Waals surface area contributed by atoms with Crippen molar-refractivity contribution in [3.8, 4) is 11.8 Å². The molecule has 2 aromatic rings. The summed E-state index contributed by atoms with van der Waals surface area (Å²) in [4.78, 5) is 14.1. The molecule has 0 spiro atoms. The van der Waals surface area contributed by atoms with E-state index in [2.05, 4.69) is 11.1 Å². The lowest BCUT2D eigenvalue weighted by Crippen LogP contribution is -2.02. The molecule has 1 atom stereocenters. The molecule has 1 aromatic carbocycles. The fraction of sp³-hybridized carbons (Fsp3) is 0.143. The largest absolute Gasteiger partial charge is 0.497 e. The van der Waals surface area contributed by atoms with Gasteiger partial charge in [-0.25, -0.2) is 0 Å². The van der Waals surface area contributed by atoms with E-state index in [4.69, 9.17) is 4.74 Å². The summed E-state index contributed by atoms with van der Waals surface area (Å²) in [7, 11) is 1.55. The van der Waals surface area contributed by atoms with Gasteiger partial charge in [0.15, 0.2) is 0 Å². The van der Waals surface area contributed by atoms with Crippen LogP contribution in [-0.4, -0.2) is 17.0 Å². The third-order valence-corrected chi connectivity index (χ3v) is 2.83. The van der Waals surface area contributed by atoms with Gasteiger partial charge in [0, 0.05) is 6.07 Å². The van der Waals surface area contributed by atoms with Crippen LogP contribution in [0.5, 0.6) is 5.75 Å². The van der Waals surface area contributed by atoms with E-state index in [0.717, 1.165) is 11.8 Å². The molecule has 0 saturated heterocycles. The van der Waals surface area contributed by atoms with Crippen molar-refractivity contribution in [1.29, 1.82) is 5.26 Å². The van der Waals surface area contributed by atoms with E-state index in [-0.39, 0.29) is 5.69 Å². The normalized spacial score (nSPS) is 11.4. The minimum atomic E-state index is -0.592. The number of nitro groups is 1. The summed E-state index contributed by atoms with van der Waals surface area (Å²) in [6.07, 6.45) is 1.15. The lowest BCUT2D eigenvalue weighted by atomic mass is 9.96. The first kappa shape index (κ1) is 13.5. The van der Waals surface area contributed by atoms with Gasteiger partial charge in [0.2, 0.25) is 0 Å². The van der Waals surface area contributed by atoms with E-state index < -0.39 is 10.8 Å². The maximum absolute atomic E-state index is 10.6. The van der Waals surface area contributed by atoms with Crippen LogP contribution in [0.25, 0.3) is 0 Å². The van der Waals surface area contributed by atoms with Crippen molar-refractivity contribution in [2.75, 3.05) is 7.11 Å². The smallest absolute Gasteiger partial charge is 0.287 e. The van der Waals surface area contributed by atoms with Crippen molar-refractivity contribution in [2.45, 2.75) is 5.92 Å². The highest BCUT2D eigenvalue weighted by Gasteiger charge is 2.17. The summed E-state index contributed by atoms with van der Waals surface area (Å²) in [6, 6.07) is 12.1. The molecule has 0 aliphatic carbocycles. The van der Waals surface area contributed by atoms with Crippen molar-refractivity contribution in [1.82, 2.24) is 4.98 Å². The summed E-state index contributed by atoms with van der Waals surface area (Å²) in [5.41, 5.74) is 1.09. The Bertz CT molecular complexity index is 662. The third-order valence-electron chi connectivity index (χ3n) is 2.83. The Morgan fingerprint density at radius 3 is 2.75 bits per heavy atom. The molecule has 0 aliphatic rings. The molecule has 2 rings (SSSR count). The molecular weight excluding hydrogens is 258 g/mol. The standard InChI is InChI=1S/C14H11N3O3/c1-20-12-4-2-3-10(7-12)13(8-15)14-6-5-11(9-16-14)17(18)19/h2-7,9,13H,1H3. The molecule has 1 aromatic heterocycles. The molecular formula is C14H11N3O3. The molecule has 6 heteroatoms. The van der Waals surface area contributed by atoms with Crippen LogP contribution in [0.15, 0.2) is 42.6 Å². The number of rotatable bonds is 4. The molecule has 0 amide bonds. The molecule has 1 heterocycles. The van der Waals surface area contributed by atoms with Crippen LogP contribution in [-0.2, 0) is 0 Å². The van der Waals surface area contributed by atoms with Crippen LogP contribution in [0.1, 0.15) is 17.2 Å². The van der Waals surface area contributed by atoms with Crippen molar-refractivity contribution in [2.24, 2.45) is 0 Å². The summed E-state index contributed by atoms with van der Waals surface area (Å²) in [6.45, 7) is 0. The highest BCUT2D eigenvalue weighted by molar-refractivity contribution is 5.40. The summed E-state index contributed by atoms with van der Waals surface area (Å²) < 4.78 is 5.12. The van der Waals surface area contributed by atoms with Crippen LogP contribution in [0.3, 0.4) is 0 Å². The second-order valence-electron chi connectivity index (χ2n) is 4.04. The molecule has 0 aliphatic heterocycles. The molecule has 1 unspecified atom stereocenters. The number of pyridine rings is 1. The number of methoxy groups -OCH3 is 1. The lowest BCUT2D eigenvalue weighted by molar-refractivity contribution is -0.385. The average Bonchev–Trinajstić information content (AvgIpc) is 2.49. The molecule has 20 heavy (non-hydrogen) atoms. The Balaban J connectivity index is 2.37. The van der Waals surface area contributed by atoms with Crippen molar-refractivity contribution >= 4 is 5.69 Å². The molecule has 0 N–H and O–H groups in total. The minimum Gasteiger partial charge on any atom is -0.497 e. The number of nitrogens with zero attached hydrogens (tertiary/aromatic N) is 3. The van der Waals surface area contributed by atoms with Gasteiger partial charge in [0.25, 0.3) is 5.69 Å². The van der Waals surface area contributed by atoms with Gasteiger partial charge >= 0.3 is 0 Å². The average molecular weight is 269 g/mol. The Morgan fingerprint density at radius 1 is 1.40 bits per heavy atom. The monoisotopic (exact) mass is 269 g/mol. The summed E-state index contributed by atoms with van der Waals surface area (Å²) in [5.74, 6) is 0.0514. The molecule has 0 saturated carbocycles. The van der Waals surface area contributed by atoms with Gasteiger partial charge in [-0.1, -0.05) is 12.1 Å². The van der Waals surface area contributed by atoms with Gasteiger partial charge in [0.1, 0.15) is 17.9 Å². The minimum absolute atomic E-state index is 0.101. The van der Waals surface area contributed by atoms with E-state index >= 15 is 0 Å². The predicted molar refractivity (Wildman–Crippen MR) is 71.3 cm³/mol. The zero-order chi connectivity index (χ0) is 14.5. The summed E-state index contributed by atoms with van der Waals surface area (Å²) >= 11 is 0. The third kappa shape index (κ3) is 2.72. The first-order valence-corrected chi connectivity index (χ1v) is 5.79. The Morgan fingerprint density at radius 2 is 2.20 bits per heavy atom. The maximum atomic E-state index is 10.6. The Hall–Kier alpha value is -2.94. The Kier molecular flexibility index (Phi) is 3.91. The molecule has 6 nitrogen and oxygen atoms in total. The van der Waals surface area contributed by atoms with Crippen molar-refractivity contribution in [3.05, 3.63) is 64.0 Å². The zero-order valence-corrected chi connectivity index (χ0v) is 10.7. The first-order chi connectivity index (χ1) is 9.65. The van der Waals surface area contributed by atoms with Crippen LogP contribution in [0.4, 0.5) is 5.69 Å². The number of ether oxygens (including phenoxy) is 1. The van der Waals surface area contributed by atoms with E-state index in [1.807, 2.05) is 0 Å². The Labute approximate surface area is 115 Å². The number of aromatic nitrogens is 1. The highest BCUT2D eigenvalue weighted by atomic mass is 16.6. The van der Waals surface area contributed by atoms with Gasteiger partial charge in [-0.3, -0.25) is 15.1 Å². The number of nitriles is 1. The molecule has 0 fully saturated rings. The van der Waals surface area contributed by atoms with Crippen LogP contribution in [0.2, 0.25) is 0 Å². The SMILES string of the molecule is COc1cccc(C(C#N)c2ccc([N+](=O)[O-])cn2)c1. The zero-order valence-electron chi connectivity index (χ0n) is 10.7. The van der Waals surface area contributed by atoms with E-state index in [1.54, 1.807) is 31.4 Å². The van der Waals surface area contributed by atoms with E-state index in [0.29, 0.717) is 11.4 Å². The quantitative estimate of drug-likeness (QED) is 0.628. The maximum Gasteiger partial charge on any atom is 0.287 e. The van der Waals surface area contributed by atoms with Gasteiger partial charge in [0.05, 0.1) is 23.8 Å². The van der Waals surface area contributed by atoms with Gasteiger partial charge in [-0.15, -0.1) is 0 Å². The fourth-order valence-electron chi connectivity index (χ4n) is 1.81. The van der Waals surface area contributed by atoms with E-state index in [9.17, 15) is 15.4 Å². The van der Waals surface area contributed by atoms with E-state index in [1.165, 1.54) is 12.1 Å². The van der Waals surface area contributed by atoms with Crippen molar-refractivity contribution < 1.29 is 9.66 Å². The lowest BCUT2D eigenvalue weighted by Gasteiger charge is -2.10.